The number of carbonyl (C=O) groups excluding carboxylic acids is 2. The van der Waals surface area contributed by atoms with Crippen molar-refractivity contribution in [1.29, 1.82) is 0 Å². The highest BCUT2D eigenvalue weighted by Crippen LogP contribution is 2.38. The van der Waals surface area contributed by atoms with Crippen molar-refractivity contribution in [2.75, 3.05) is 24.4 Å². The molecule has 1 spiro atoms. The van der Waals surface area contributed by atoms with Gasteiger partial charge in [0.25, 0.3) is 15.9 Å². The lowest BCUT2D eigenvalue weighted by Crippen LogP contribution is -2.46. The number of hydrogen-bond acceptors (Lipinski definition) is 8. The predicted octanol–water partition coefficient (Wildman–Crippen LogP) is 6.00. The van der Waals surface area contributed by atoms with Crippen LogP contribution in [0.3, 0.4) is 0 Å². The number of aromatic nitrogens is 1. The number of carbonyl (C=O) groups is 2. The Hall–Kier alpha value is -4.03. The number of sulfonamides is 1. The van der Waals surface area contributed by atoms with Gasteiger partial charge in [0, 0.05) is 43.0 Å². The molecule has 11 nitrogen and oxygen atoms in total. The van der Waals surface area contributed by atoms with E-state index in [0.29, 0.717) is 61.5 Å². The summed E-state index contributed by atoms with van der Waals surface area (Å²) in [4.78, 5) is 36.0. The number of aliphatic imine (C=N–C) groups is 1. The van der Waals surface area contributed by atoms with Crippen molar-refractivity contribution in [3.63, 3.8) is 0 Å². The molecule has 3 aliphatic rings. The van der Waals surface area contributed by atoms with Crippen LogP contribution in [0.2, 0.25) is 0 Å². The van der Waals surface area contributed by atoms with E-state index < -0.39 is 15.6 Å². The van der Waals surface area contributed by atoms with Crippen LogP contribution >= 0.6 is 0 Å². The maximum atomic E-state index is 14.2. The molecule has 3 aromatic rings. The summed E-state index contributed by atoms with van der Waals surface area (Å²) in [6.07, 6.45) is 6.06. The minimum atomic E-state index is -4.03. The van der Waals surface area contributed by atoms with Crippen molar-refractivity contribution in [1.82, 2.24) is 15.0 Å². The summed E-state index contributed by atoms with van der Waals surface area (Å²) in [6.45, 7) is 9.46. The summed E-state index contributed by atoms with van der Waals surface area (Å²) in [5.41, 5.74) is 2.62. The molecule has 0 radical (unpaired) electrons. The van der Waals surface area contributed by atoms with Gasteiger partial charge in [-0.05, 0) is 62.8 Å². The van der Waals surface area contributed by atoms with Gasteiger partial charge >= 0.3 is 0 Å². The molecule has 0 bridgehead atoms. The third-order valence-electron chi connectivity index (χ3n) is 9.89. The molecule has 1 saturated heterocycles. The lowest BCUT2D eigenvalue weighted by molar-refractivity contribution is -0.137. The molecule has 1 N–H and O–H groups in total. The molecule has 3 heterocycles. The van der Waals surface area contributed by atoms with E-state index in [1.807, 2.05) is 30.0 Å². The summed E-state index contributed by atoms with van der Waals surface area (Å²) >= 11 is 0. The Bertz CT molecular complexity index is 1830. The fourth-order valence-electron chi connectivity index (χ4n) is 6.71. The van der Waals surface area contributed by atoms with Gasteiger partial charge < -0.3 is 14.2 Å². The molecule has 2 amide bonds. The molecule has 0 unspecified atom stereocenters. The molecule has 12 heteroatoms. The van der Waals surface area contributed by atoms with Gasteiger partial charge in [-0.1, -0.05) is 61.3 Å². The van der Waals surface area contributed by atoms with E-state index in [1.54, 1.807) is 43.0 Å². The quantitative estimate of drug-likeness (QED) is 0.235. The Kier molecular flexibility index (Phi) is 9.76. The van der Waals surface area contributed by atoms with E-state index in [1.165, 1.54) is 0 Å². The van der Waals surface area contributed by atoms with Crippen LogP contribution in [0.15, 0.2) is 56.9 Å². The monoisotopic (exact) mass is 675 g/mol. The fourth-order valence-corrected chi connectivity index (χ4v) is 7.99. The first kappa shape index (κ1) is 33.9. The fraction of sp³-hybridized carbons (Fsp3) is 0.500. The van der Waals surface area contributed by atoms with Gasteiger partial charge in [0.05, 0.1) is 24.6 Å². The summed E-state index contributed by atoms with van der Waals surface area (Å²) < 4.78 is 41.0. The predicted molar refractivity (Wildman–Crippen MR) is 183 cm³/mol. The maximum absolute atomic E-state index is 14.2. The maximum Gasteiger partial charge on any atom is 0.263 e. The number of ether oxygens (including phenoxy) is 1. The van der Waals surface area contributed by atoms with Crippen LogP contribution in [0.1, 0.15) is 81.2 Å². The summed E-state index contributed by atoms with van der Waals surface area (Å²) in [5, 5.41) is 3.88. The van der Waals surface area contributed by atoms with Gasteiger partial charge in [0.15, 0.2) is 11.4 Å². The number of nitrogens with zero attached hydrogens (tertiary/aromatic N) is 4. The summed E-state index contributed by atoms with van der Waals surface area (Å²) in [5.74, 6) is 1.66. The van der Waals surface area contributed by atoms with E-state index in [9.17, 15) is 18.0 Å². The molecule has 256 valence electrons. The van der Waals surface area contributed by atoms with Crippen LogP contribution in [0.4, 0.5) is 5.82 Å². The number of benzene rings is 2. The van der Waals surface area contributed by atoms with Crippen LogP contribution in [-0.4, -0.2) is 66.3 Å². The Morgan fingerprint density at radius 1 is 1.12 bits per heavy atom. The number of rotatable bonds is 13. The first-order chi connectivity index (χ1) is 23.1. The highest BCUT2D eigenvalue weighted by Gasteiger charge is 2.53. The van der Waals surface area contributed by atoms with Gasteiger partial charge in [-0.2, -0.15) is 0 Å². The minimum Gasteiger partial charge on any atom is -0.377 e. The number of likely N-dealkylation sites (tertiary alicyclic amines) is 1. The highest BCUT2D eigenvalue weighted by atomic mass is 32.2. The van der Waals surface area contributed by atoms with Gasteiger partial charge in [-0.15, -0.1) is 0 Å². The molecule has 1 atom stereocenters. The molecular formula is C36H45N5O6S. The summed E-state index contributed by atoms with van der Waals surface area (Å²) in [7, 11) is -4.03. The molecule has 1 aliphatic carbocycles. The largest absolute Gasteiger partial charge is 0.377 e. The molecule has 2 aromatic carbocycles. The van der Waals surface area contributed by atoms with Crippen molar-refractivity contribution in [2.24, 2.45) is 10.9 Å². The van der Waals surface area contributed by atoms with Gasteiger partial charge in [0.1, 0.15) is 11.6 Å². The van der Waals surface area contributed by atoms with Crippen LogP contribution in [0, 0.1) is 19.8 Å². The number of amides is 2. The third-order valence-corrected chi connectivity index (χ3v) is 11.3. The van der Waals surface area contributed by atoms with Crippen molar-refractivity contribution in [3.8, 4) is 11.1 Å². The first-order valence-corrected chi connectivity index (χ1v) is 18.5. The van der Waals surface area contributed by atoms with E-state index in [4.69, 9.17) is 14.3 Å². The normalized spacial score (nSPS) is 19.7. The number of anilines is 1. The Morgan fingerprint density at radius 3 is 2.60 bits per heavy atom. The second-order valence-corrected chi connectivity index (χ2v) is 14.8. The molecule has 2 aliphatic heterocycles. The van der Waals surface area contributed by atoms with E-state index in [0.717, 1.165) is 49.1 Å². The van der Waals surface area contributed by atoms with Crippen LogP contribution in [0.5, 0.6) is 0 Å². The zero-order valence-electron chi connectivity index (χ0n) is 28.3. The van der Waals surface area contributed by atoms with Crippen molar-refractivity contribution < 1.29 is 27.3 Å². The molecular weight excluding hydrogens is 630 g/mol. The zero-order chi connectivity index (χ0) is 34.1. The standard InChI is InChI=1S/C36H45N5O6S/c1-5-7-15-32-37-36(18-19-40(23-36)34(42)27-11-10-12-27)35(43)41(32)21-26-16-17-29(28(20-26)22-46-6-2)30-13-8-9-14-31(30)48(44,45)39-33-24(3)25(4)47-38-33/h8-9,13-14,16-17,20,27H,5-7,10-12,15,18-19,21-23H2,1-4H3,(H,38,39)/t36-/m0/s1. The second kappa shape index (κ2) is 13.8. The Labute approximate surface area is 282 Å². The number of unbranched alkanes of at least 4 members (excludes halogenated alkanes) is 1. The number of aryl methyl sites for hydroxylation is 1. The number of amidine groups is 1. The minimum absolute atomic E-state index is 0.0474. The lowest BCUT2D eigenvalue weighted by Gasteiger charge is -2.29. The van der Waals surface area contributed by atoms with Crippen molar-refractivity contribution in [3.05, 3.63) is 64.9 Å². The SMILES string of the molecule is CCCCC1=N[C@]2(CCN(C(=O)C3CCC3)C2)C(=O)N1Cc1ccc(-c2ccccc2S(=O)(=O)Nc2noc(C)c2C)c(COCC)c1. The first-order valence-electron chi connectivity index (χ1n) is 17.0. The molecule has 48 heavy (non-hydrogen) atoms. The van der Waals surface area contributed by atoms with Crippen molar-refractivity contribution >= 4 is 33.5 Å². The molecule has 6 rings (SSSR count). The second-order valence-electron chi connectivity index (χ2n) is 13.1. The zero-order valence-corrected chi connectivity index (χ0v) is 29.1. The van der Waals surface area contributed by atoms with E-state index in [2.05, 4.69) is 16.8 Å². The van der Waals surface area contributed by atoms with E-state index in [-0.39, 0.29) is 35.1 Å². The van der Waals surface area contributed by atoms with Gasteiger partial charge in [-0.3, -0.25) is 24.2 Å². The molecule has 2 fully saturated rings. The van der Waals surface area contributed by atoms with Crippen molar-refractivity contribution in [2.45, 2.75) is 96.2 Å². The van der Waals surface area contributed by atoms with Crippen LogP contribution < -0.4 is 4.72 Å². The van der Waals surface area contributed by atoms with Crippen LogP contribution in [-0.2, 0) is 37.5 Å². The number of nitrogens with one attached hydrogen (secondary N) is 1. The van der Waals surface area contributed by atoms with Crippen LogP contribution in [0.25, 0.3) is 11.1 Å². The summed E-state index contributed by atoms with van der Waals surface area (Å²) in [6, 6.07) is 12.7. The number of hydrogen-bond donors (Lipinski definition) is 1. The third kappa shape index (κ3) is 6.52. The highest BCUT2D eigenvalue weighted by molar-refractivity contribution is 7.92. The topological polar surface area (TPSA) is 134 Å². The Balaban J connectivity index is 1.29. The van der Waals surface area contributed by atoms with E-state index >= 15 is 0 Å². The Morgan fingerprint density at radius 2 is 1.92 bits per heavy atom. The average molecular weight is 676 g/mol. The lowest BCUT2D eigenvalue weighted by atomic mass is 9.84. The smallest absolute Gasteiger partial charge is 0.263 e. The average Bonchev–Trinajstić information content (AvgIpc) is 3.70. The van der Waals surface area contributed by atoms with Gasteiger partial charge in [0.2, 0.25) is 5.91 Å². The molecule has 1 saturated carbocycles. The van der Waals surface area contributed by atoms with Gasteiger partial charge in [-0.25, -0.2) is 8.42 Å². The molecule has 1 aromatic heterocycles.